The number of benzene rings is 2. The summed E-state index contributed by atoms with van der Waals surface area (Å²) in [5.74, 6) is -0.146. The molecule has 3 N–H and O–H groups in total. The van der Waals surface area contributed by atoms with E-state index in [0.717, 1.165) is 5.56 Å². The van der Waals surface area contributed by atoms with Gasteiger partial charge >= 0.3 is 0 Å². The van der Waals surface area contributed by atoms with Crippen molar-refractivity contribution in [3.8, 4) is 11.5 Å². The van der Waals surface area contributed by atoms with Gasteiger partial charge in [0.2, 0.25) is 0 Å². The van der Waals surface area contributed by atoms with Crippen molar-refractivity contribution >= 4 is 23.4 Å². The van der Waals surface area contributed by atoms with Crippen LogP contribution in [0.4, 0.5) is 0 Å². The van der Waals surface area contributed by atoms with E-state index in [9.17, 15) is 9.59 Å². The minimum Gasteiger partial charge on any atom is -0.493 e. The second-order valence-electron chi connectivity index (χ2n) is 6.37. The second-order valence-corrected chi connectivity index (χ2v) is 6.81. The minimum absolute atomic E-state index is 0.238. The van der Waals surface area contributed by atoms with Gasteiger partial charge in [-0.1, -0.05) is 37.6 Å². The second kappa shape index (κ2) is 9.46. The van der Waals surface area contributed by atoms with Gasteiger partial charge in [0.1, 0.15) is 0 Å². The standard InChI is InChI=1S/C21H25ClN2O4/c1-4-21(5-2,15-7-9-16(22)10-8-15)24-20(26)14-6-11-17(18(12-14)27-3)28-13-19(23)25/h6-12H,4-5,13H2,1-3H3,(H2,23,25)(H,24,26). The SMILES string of the molecule is CCC(CC)(NC(=O)c1ccc(OCC(N)=O)c(OC)c1)c1ccc(Cl)cc1. The molecule has 0 aromatic heterocycles. The fraction of sp³-hybridized carbons (Fsp3) is 0.333. The van der Waals surface area contributed by atoms with E-state index >= 15 is 0 Å². The van der Waals surface area contributed by atoms with Crippen LogP contribution in [0.3, 0.4) is 0 Å². The van der Waals surface area contributed by atoms with Gasteiger partial charge in [0.15, 0.2) is 18.1 Å². The van der Waals surface area contributed by atoms with Gasteiger partial charge in [0.05, 0.1) is 12.6 Å². The third kappa shape index (κ3) is 4.95. The number of carbonyl (C=O) groups is 2. The first-order valence-corrected chi connectivity index (χ1v) is 9.40. The number of hydrogen-bond acceptors (Lipinski definition) is 4. The van der Waals surface area contributed by atoms with Crippen LogP contribution in [0.15, 0.2) is 42.5 Å². The van der Waals surface area contributed by atoms with E-state index in [1.807, 2.05) is 38.1 Å². The summed E-state index contributed by atoms with van der Waals surface area (Å²) in [6.07, 6.45) is 1.43. The number of rotatable bonds is 9. The van der Waals surface area contributed by atoms with E-state index < -0.39 is 11.4 Å². The van der Waals surface area contributed by atoms with Gasteiger partial charge in [-0.05, 0) is 48.7 Å². The van der Waals surface area contributed by atoms with Gasteiger partial charge in [0, 0.05) is 10.6 Å². The van der Waals surface area contributed by atoms with E-state index in [4.69, 9.17) is 26.8 Å². The third-order valence-corrected chi connectivity index (χ3v) is 5.00. The molecule has 150 valence electrons. The smallest absolute Gasteiger partial charge is 0.255 e. The number of ether oxygens (including phenoxy) is 2. The Kier molecular flexibility index (Phi) is 7.29. The summed E-state index contributed by atoms with van der Waals surface area (Å²) in [5.41, 5.74) is 5.99. The highest BCUT2D eigenvalue weighted by atomic mass is 35.5. The topological polar surface area (TPSA) is 90.6 Å². The van der Waals surface area contributed by atoms with Gasteiger partial charge in [-0.25, -0.2) is 0 Å². The number of hydrogen-bond donors (Lipinski definition) is 2. The lowest BCUT2D eigenvalue weighted by molar-refractivity contribution is -0.119. The van der Waals surface area contributed by atoms with Crippen LogP contribution in [0.25, 0.3) is 0 Å². The lowest BCUT2D eigenvalue weighted by atomic mass is 9.84. The number of methoxy groups -OCH3 is 1. The third-order valence-electron chi connectivity index (χ3n) is 4.75. The Morgan fingerprint density at radius 3 is 2.25 bits per heavy atom. The van der Waals surface area contributed by atoms with Crippen LogP contribution in [0, 0.1) is 0 Å². The molecule has 2 rings (SSSR count). The Hall–Kier alpha value is -2.73. The molecule has 7 heteroatoms. The number of amides is 2. The molecule has 0 unspecified atom stereocenters. The number of nitrogens with one attached hydrogen (secondary N) is 1. The molecule has 2 aromatic rings. The van der Waals surface area contributed by atoms with E-state index in [1.165, 1.54) is 7.11 Å². The van der Waals surface area contributed by atoms with Crippen LogP contribution >= 0.6 is 11.6 Å². The molecule has 0 spiro atoms. The molecule has 6 nitrogen and oxygen atoms in total. The molecule has 0 saturated carbocycles. The summed E-state index contributed by atoms with van der Waals surface area (Å²) >= 11 is 6.00. The van der Waals surface area contributed by atoms with Gasteiger partial charge in [-0.2, -0.15) is 0 Å². The summed E-state index contributed by atoms with van der Waals surface area (Å²) in [7, 11) is 1.46. The Labute approximate surface area is 170 Å². The van der Waals surface area contributed by atoms with Crippen molar-refractivity contribution in [3.63, 3.8) is 0 Å². The van der Waals surface area contributed by atoms with Crippen molar-refractivity contribution in [2.75, 3.05) is 13.7 Å². The van der Waals surface area contributed by atoms with E-state index in [-0.39, 0.29) is 12.5 Å². The number of nitrogens with two attached hydrogens (primary N) is 1. The fourth-order valence-corrected chi connectivity index (χ4v) is 3.17. The predicted molar refractivity (Wildman–Crippen MR) is 109 cm³/mol. The summed E-state index contributed by atoms with van der Waals surface area (Å²) in [5, 5.41) is 3.80. The number of halogens is 1. The molecular weight excluding hydrogens is 380 g/mol. The lowest BCUT2D eigenvalue weighted by Crippen LogP contribution is -2.45. The predicted octanol–water partition coefficient (Wildman–Crippen LogP) is 3.66. The summed E-state index contributed by atoms with van der Waals surface area (Å²) in [4.78, 5) is 23.9. The number of primary amides is 1. The highest BCUT2D eigenvalue weighted by Gasteiger charge is 2.30. The Balaban J connectivity index is 2.28. The molecule has 0 heterocycles. The molecule has 0 radical (unpaired) electrons. The van der Waals surface area contributed by atoms with Crippen molar-refractivity contribution in [1.29, 1.82) is 0 Å². The summed E-state index contributed by atoms with van der Waals surface area (Å²) in [6, 6.07) is 12.3. The zero-order chi connectivity index (χ0) is 20.7. The molecule has 2 aromatic carbocycles. The Morgan fingerprint density at radius 2 is 1.71 bits per heavy atom. The molecule has 0 bridgehead atoms. The lowest BCUT2D eigenvalue weighted by Gasteiger charge is -2.34. The summed E-state index contributed by atoms with van der Waals surface area (Å²) < 4.78 is 10.6. The molecule has 2 amide bonds. The molecule has 28 heavy (non-hydrogen) atoms. The van der Waals surface area contributed by atoms with Crippen molar-refractivity contribution in [3.05, 3.63) is 58.6 Å². The molecule has 0 aliphatic carbocycles. The van der Waals surface area contributed by atoms with Crippen molar-refractivity contribution in [2.45, 2.75) is 32.2 Å². The molecule has 0 aliphatic heterocycles. The first-order chi connectivity index (χ1) is 13.3. The van der Waals surface area contributed by atoms with Crippen LogP contribution in [0.5, 0.6) is 11.5 Å². The first-order valence-electron chi connectivity index (χ1n) is 9.03. The maximum absolute atomic E-state index is 13.0. The van der Waals surface area contributed by atoms with Crippen LogP contribution in [0.2, 0.25) is 5.02 Å². The molecule has 0 fully saturated rings. The largest absolute Gasteiger partial charge is 0.493 e. The molecule has 0 atom stereocenters. The first kappa shape index (κ1) is 21.6. The highest BCUT2D eigenvalue weighted by Crippen LogP contribution is 2.32. The fourth-order valence-electron chi connectivity index (χ4n) is 3.04. The van der Waals surface area contributed by atoms with Gasteiger partial charge < -0.3 is 20.5 Å². The van der Waals surface area contributed by atoms with Crippen molar-refractivity contribution in [1.82, 2.24) is 5.32 Å². The average Bonchev–Trinajstić information content (AvgIpc) is 2.70. The van der Waals surface area contributed by atoms with E-state index in [2.05, 4.69) is 5.32 Å². The Morgan fingerprint density at radius 1 is 1.07 bits per heavy atom. The maximum atomic E-state index is 13.0. The normalized spacial score (nSPS) is 11.0. The Bertz CT molecular complexity index is 833. The quantitative estimate of drug-likeness (QED) is 0.667. The van der Waals surface area contributed by atoms with Crippen LogP contribution < -0.4 is 20.5 Å². The highest BCUT2D eigenvalue weighted by molar-refractivity contribution is 6.30. The van der Waals surface area contributed by atoms with Gasteiger partial charge in [-0.3, -0.25) is 9.59 Å². The van der Waals surface area contributed by atoms with Crippen molar-refractivity contribution < 1.29 is 19.1 Å². The van der Waals surface area contributed by atoms with E-state index in [1.54, 1.807) is 18.2 Å². The van der Waals surface area contributed by atoms with E-state index in [0.29, 0.717) is 34.9 Å². The van der Waals surface area contributed by atoms with Crippen molar-refractivity contribution in [2.24, 2.45) is 5.73 Å². The van der Waals surface area contributed by atoms with Crippen LogP contribution in [0.1, 0.15) is 42.6 Å². The van der Waals surface area contributed by atoms with Gasteiger partial charge in [-0.15, -0.1) is 0 Å². The monoisotopic (exact) mass is 404 g/mol. The summed E-state index contributed by atoms with van der Waals surface area (Å²) in [6.45, 7) is 3.78. The van der Waals surface area contributed by atoms with Crippen LogP contribution in [-0.4, -0.2) is 25.5 Å². The zero-order valence-corrected chi connectivity index (χ0v) is 17.0. The number of carbonyl (C=O) groups excluding carboxylic acids is 2. The molecular formula is C21H25ClN2O4. The molecule has 0 aliphatic rings. The molecule has 0 saturated heterocycles. The average molecular weight is 405 g/mol. The van der Waals surface area contributed by atoms with Gasteiger partial charge in [0.25, 0.3) is 11.8 Å². The maximum Gasteiger partial charge on any atom is 0.255 e. The minimum atomic E-state index is -0.595. The van der Waals surface area contributed by atoms with Crippen LogP contribution in [-0.2, 0) is 10.3 Å². The zero-order valence-electron chi connectivity index (χ0n) is 16.3.